The van der Waals surface area contributed by atoms with Crippen LogP contribution in [0.5, 0.6) is 5.75 Å². The average Bonchev–Trinajstić information content (AvgIpc) is 3.51. The van der Waals surface area contributed by atoms with Crippen LogP contribution < -0.4 is 4.74 Å². The molecule has 0 spiro atoms. The molecule has 3 heterocycles. The van der Waals surface area contributed by atoms with E-state index in [1.807, 2.05) is 41.8 Å². The summed E-state index contributed by atoms with van der Waals surface area (Å²) >= 11 is 1.70. The molecule has 0 bridgehead atoms. The topological polar surface area (TPSA) is 90.2 Å². The van der Waals surface area contributed by atoms with Gasteiger partial charge in [-0.25, -0.2) is 0 Å². The van der Waals surface area contributed by atoms with E-state index in [2.05, 4.69) is 39.2 Å². The Balaban J connectivity index is 1.14. The van der Waals surface area contributed by atoms with Crippen molar-refractivity contribution in [1.82, 2.24) is 24.6 Å². The maximum absolute atomic E-state index is 12.6. The first-order valence-corrected chi connectivity index (χ1v) is 14.3. The number of hydrogen-bond donors (Lipinski definition) is 0. The van der Waals surface area contributed by atoms with E-state index in [0.717, 1.165) is 34.8 Å². The van der Waals surface area contributed by atoms with Gasteiger partial charge in [0.15, 0.2) is 11.0 Å². The Bertz CT molecular complexity index is 1670. The van der Waals surface area contributed by atoms with Crippen molar-refractivity contribution >= 4 is 23.6 Å². The zero-order valence-corrected chi connectivity index (χ0v) is 23.3. The van der Waals surface area contributed by atoms with Crippen LogP contribution in [0.1, 0.15) is 56.9 Å². The molecule has 8 nitrogen and oxygen atoms in total. The van der Waals surface area contributed by atoms with Gasteiger partial charge in [0.2, 0.25) is 0 Å². The second-order valence-corrected chi connectivity index (χ2v) is 11.0. The lowest BCUT2D eigenvalue weighted by Crippen LogP contribution is -2.30. The number of aryl methyl sites for hydroxylation is 1. The number of nitrogens with zero attached hydrogens (tertiary/aromatic N) is 5. The van der Waals surface area contributed by atoms with Gasteiger partial charge in [0.05, 0.1) is 29.6 Å². The Morgan fingerprint density at radius 1 is 1.05 bits per heavy atom. The summed E-state index contributed by atoms with van der Waals surface area (Å²) in [6.45, 7) is 2.21. The van der Waals surface area contributed by atoms with Crippen LogP contribution in [-0.2, 0) is 6.61 Å². The van der Waals surface area contributed by atoms with Crippen molar-refractivity contribution in [2.45, 2.75) is 43.2 Å². The molecule has 1 aliphatic carbocycles. The van der Waals surface area contributed by atoms with E-state index in [-0.39, 0.29) is 25.0 Å². The average molecular weight is 562 g/mol. The SMILES string of the molecule is Cc1cc(OCc2nnc(SC3C=CCCC3)n2-c2cccnc2)ccc1C#CCN1C(=O)c2ccccc2C1=O. The van der Waals surface area contributed by atoms with Gasteiger partial charge in [-0.05, 0) is 74.2 Å². The Hall–Kier alpha value is -4.68. The molecule has 0 fully saturated rings. The van der Waals surface area contributed by atoms with Crippen molar-refractivity contribution in [1.29, 1.82) is 0 Å². The third kappa shape index (κ3) is 5.65. The van der Waals surface area contributed by atoms with Gasteiger partial charge < -0.3 is 4.74 Å². The highest BCUT2D eigenvalue weighted by Crippen LogP contribution is 2.31. The van der Waals surface area contributed by atoms with Gasteiger partial charge in [0.25, 0.3) is 11.8 Å². The lowest BCUT2D eigenvalue weighted by atomic mass is 10.1. The Labute approximate surface area is 242 Å². The number of ether oxygens (including phenoxy) is 1. The van der Waals surface area contributed by atoms with Crippen molar-refractivity contribution < 1.29 is 14.3 Å². The maximum Gasteiger partial charge on any atom is 0.262 e. The first-order valence-electron chi connectivity index (χ1n) is 13.4. The molecule has 4 aromatic rings. The minimum Gasteiger partial charge on any atom is -0.486 e. The van der Waals surface area contributed by atoms with E-state index in [4.69, 9.17) is 4.74 Å². The van der Waals surface area contributed by atoms with Crippen LogP contribution in [0.3, 0.4) is 0 Å². The van der Waals surface area contributed by atoms with Crippen molar-refractivity contribution in [3.8, 4) is 23.3 Å². The van der Waals surface area contributed by atoms with Crippen LogP contribution in [0.15, 0.2) is 84.3 Å². The summed E-state index contributed by atoms with van der Waals surface area (Å²) < 4.78 is 8.14. The first kappa shape index (κ1) is 26.5. The number of fused-ring (bicyclic) bond motifs is 1. The highest BCUT2D eigenvalue weighted by atomic mass is 32.2. The number of carbonyl (C=O) groups is 2. The number of amides is 2. The zero-order valence-electron chi connectivity index (χ0n) is 22.5. The number of thioether (sulfide) groups is 1. The molecule has 0 N–H and O–H groups in total. The van der Waals surface area contributed by atoms with E-state index >= 15 is 0 Å². The van der Waals surface area contributed by atoms with Crippen LogP contribution in [0, 0.1) is 18.8 Å². The summed E-state index contributed by atoms with van der Waals surface area (Å²) in [7, 11) is 0. The molecule has 0 saturated heterocycles. The number of imide groups is 1. The maximum atomic E-state index is 12.6. The summed E-state index contributed by atoms with van der Waals surface area (Å²) in [5.74, 6) is 6.81. The minimum atomic E-state index is -0.309. The molecule has 0 saturated carbocycles. The molecule has 2 aromatic carbocycles. The number of aromatic nitrogens is 4. The fraction of sp³-hybridized carbons (Fsp3) is 0.219. The van der Waals surface area contributed by atoms with Crippen molar-refractivity contribution in [3.63, 3.8) is 0 Å². The highest BCUT2D eigenvalue weighted by molar-refractivity contribution is 7.99. The van der Waals surface area contributed by atoms with Crippen LogP contribution in [0.25, 0.3) is 5.69 Å². The number of rotatable bonds is 7. The summed E-state index contributed by atoms with van der Waals surface area (Å²) in [5, 5.41) is 10.1. The summed E-state index contributed by atoms with van der Waals surface area (Å²) in [5.41, 5.74) is 3.46. The zero-order chi connectivity index (χ0) is 28.2. The second-order valence-electron chi connectivity index (χ2n) is 9.77. The van der Waals surface area contributed by atoms with E-state index in [9.17, 15) is 9.59 Å². The Morgan fingerprint density at radius 2 is 1.88 bits per heavy atom. The monoisotopic (exact) mass is 561 g/mol. The Morgan fingerprint density at radius 3 is 2.59 bits per heavy atom. The third-order valence-electron chi connectivity index (χ3n) is 6.98. The molecule has 1 aliphatic heterocycles. The van der Waals surface area contributed by atoms with Crippen LogP contribution >= 0.6 is 11.8 Å². The van der Waals surface area contributed by atoms with Gasteiger partial charge in [-0.15, -0.1) is 10.2 Å². The molecule has 41 heavy (non-hydrogen) atoms. The fourth-order valence-electron chi connectivity index (χ4n) is 4.84. The van der Waals surface area contributed by atoms with Gasteiger partial charge in [0.1, 0.15) is 12.4 Å². The molecule has 9 heteroatoms. The summed E-state index contributed by atoms with van der Waals surface area (Å²) in [6.07, 6.45) is 11.4. The largest absolute Gasteiger partial charge is 0.486 e. The van der Waals surface area contributed by atoms with Crippen LogP contribution in [0.2, 0.25) is 0 Å². The Kier molecular flexibility index (Phi) is 7.65. The molecule has 2 aromatic heterocycles. The molecule has 2 aliphatic rings. The number of allylic oxidation sites excluding steroid dienone is 1. The van der Waals surface area contributed by atoms with Gasteiger partial charge in [0, 0.05) is 17.0 Å². The van der Waals surface area contributed by atoms with E-state index in [1.165, 1.54) is 11.3 Å². The quantitative estimate of drug-likeness (QED) is 0.170. The van der Waals surface area contributed by atoms with E-state index in [0.29, 0.717) is 28.0 Å². The van der Waals surface area contributed by atoms with Gasteiger partial charge in [-0.3, -0.25) is 24.0 Å². The normalized spacial score (nSPS) is 15.9. The number of hydrogen-bond acceptors (Lipinski definition) is 7. The van der Waals surface area contributed by atoms with Crippen molar-refractivity contribution in [3.05, 3.63) is 107 Å². The number of benzene rings is 2. The summed E-state index contributed by atoms with van der Waals surface area (Å²) in [4.78, 5) is 30.6. The number of pyridine rings is 1. The molecule has 0 radical (unpaired) electrons. The van der Waals surface area contributed by atoms with Crippen LogP contribution in [-0.4, -0.2) is 48.3 Å². The first-order chi connectivity index (χ1) is 20.1. The molecular weight excluding hydrogens is 534 g/mol. The third-order valence-corrected chi connectivity index (χ3v) is 8.15. The van der Waals surface area contributed by atoms with Crippen LogP contribution in [0.4, 0.5) is 0 Å². The predicted molar refractivity (Wildman–Crippen MR) is 156 cm³/mol. The molecule has 204 valence electrons. The van der Waals surface area contributed by atoms with Gasteiger partial charge in [-0.1, -0.05) is 47.9 Å². The molecule has 1 unspecified atom stereocenters. The molecule has 2 amide bonds. The van der Waals surface area contributed by atoms with Crippen molar-refractivity contribution in [2.75, 3.05) is 6.54 Å². The van der Waals surface area contributed by atoms with E-state index in [1.54, 1.807) is 48.4 Å². The van der Waals surface area contributed by atoms with Gasteiger partial charge >= 0.3 is 0 Å². The fourth-order valence-corrected chi connectivity index (χ4v) is 5.99. The predicted octanol–water partition coefficient (Wildman–Crippen LogP) is 5.40. The lowest BCUT2D eigenvalue weighted by molar-refractivity contribution is 0.0675. The molecule has 6 rings (SSSR count). The summed E-state index contributed by atoms with van der Waals surface area (Å²) in [6, 6.07) is 16.4. The number of carbonyl (C=O) groups excluding carboxylic acids is 2. The van der Waals surface area contributed by atoms with E-state index < -0.39 is 0 Å². The highest BCUT2D eigenvalue weighted by Gasteiger charge is 2.34. The lowest BCUT2D eigenvalue weighted by Gasteiger charge is -2.16. The van der Waals surface area contributed by atoms with Crippen molar-refractivity contribution in [2.24, 2.45) is 0 Å². The molecular formula is C32H27N5O3S. The van der Waals surface area contributed by atoms with Gasteiger partial charge in [-0.2, -0.15) is 0 Å². The smallest absolute Gasteiger partial charge is 0.262 e. The molecule has 1 atom stereocenters. The second kappa shape index (κ2) is 11.8. The standard InChI is InChI=1S/C32H27N5O3S/c1-22-19-25(16-15-23(22)9-8-18-36-30(38)27-13-5-6-14-28(27)31(36)39)40-21-29-34-35-32(41-26-11-3-2-4-12-26)37(29)24-10-7-17-33-20-24/h3,5-7,10-11,13-17,19-20,26H,2,4,12,18,21H2,1H3. The minimum absolute atomic E-state index is 0.0328.